The van der Waals surface area contributed by atoms with Crippen molar-refractivity contribution in [2.24, 2.45) is 0 Å². The molecule has 3 nitrogen and oxygen atoms in total. The first kappa shape index (κ1) is 14.0. The number of amides is 1. The highest BCUT2D eigenvalue weighted by atomic mass is 35.5. The largest absolute Gasteiger partial charge is 0.440 e. The summed E-state index contributed by atoms with van der Waals surface area (Å²) < 4.78 is 5.14. The second kappa shape index (κ2) is 6.13. The van der Waals surface area contributed by atoms with E-state index in [1.807, 2.05) is 25.1 Å². The molecule has 0 aliphatic heterocycles. The third-order valence-electron chi connectivity index (χ3n) is 2.77. The molecular formula is C14H13Cl2NO2. The molecule has 0 atom stereocenters. The molecule has 2 aromatic rings. The second-order valence-corrected chi connectivity index (χ2v) is 4.79. The first-order chi connectivity index (χ1) is 9.11. The van der Waals surface area contributed by atoms with E-state index in [9.17, 15) is 4.79 Å². The number of hydrogen-bond donors (Lipinski definition) is 0. The summed E-state index contributed by atoms with van der Waals surface area (Å²) in [7, 11) is 0. The van der Waals surface area contributed by atoms with Crippen LogP contribution in [-0.4, -0.2) is 17.4 Å². The number of halogens is 2. The molecule has 1 heterocycles. The van der Waals surface area contributed by atoms with Crippen LogP contribution < -0.4 is 0 Å². The zero-order valence-electron chi connectivity index (χ0n) is 10.4. The number of furan rings is 1. The van der Waals surface area contributed by atoms with Gasteiger partial charge in [0.25, 0.3) is 5.91 Å². The summed E-state index contributed by atoms with van der Waals surface area (Å²) in [5, 5.41) is 0.850. The summed E-state index contributed by atoms with van der Waals surface area (Å²) in [4.78, 5) is 13.9. The van der Waals surface area contributed by atoms with Crippen LogP contribution >= 0.6 is 23.2 Å². The second-order valence-electron chi connectivity index (χ2n) is 4.01. The number of carbonyl (C=O) groups excluding carboxylic acids is 1. The van der Waals surface area contributed by atoms with Crippen LogP contribution in [0.15, 0.2) is 40.8 Å². The van der Waals surface area contributed by atoms with Crippen molar-refractivity contribution in [1.82, 2.24) is 4.90 Å². The third kappa shape index (κ3) is 3.31. The van der Waals surface area contributed by atoms with E-state index in [2.05, 4.69) is 0 Å². The van der Waals surface area contributed by atoms with Crippen LogP contribution in [0.1, 0.15) is 23.0 Å². The maximum Gasteiger partial charge on any atom is 0.289 e. The minimum atomic E-state index is -0.200. The van der Waals surface area contributed by atoms with E-state index in [4.69, 9.17) is 27.6 Å². The molecule has 1 aromatic carbocycles. The van der Waals surface area contributed by atoms with Crippen LogP contribution in [0.2, 0.25) is 10.2 Å². The summed E-state index contributed by atoms with van der Waals surface area (Å²) in [6.07, 6.45) is 0. The molecule has 0 N–H and O–H groups in total. The fraction of sp³-hybridized carbons (Fsp3) is 0.214. The molecule has 0 aliphatic carbocycles. The van der Waals surface area contributed by atoms with E-state index in [1.165, 1.54) is 0 Å². The Balaban J connectivity index is 2.17. The molecule has 5 heteroatoms. The highest BCUT2D eigenvalue weighted by Gasteiger charge is 2.18. The van der Waals surface area contributed by atoms with Crippen molar-refractivity contribution >= 4 is 29.1 Å². The Hall–Kier alpha value is -1.45. The molecule has 0 spiro atoms. The summed E-state index contributed by atoms with van der Waals surface area (Å²) >= 11 is 11.8. The molecule has 0 aliphatic rings. The summed E-state index contributed by atoms with van der Waals surface area (Å²) in [5.41, 5.74) is 0.900. The predicted octanol–water partition coefficient (Wildman–Crippen LogP) is 4.25. The number of benzene rings is 1. The van der Waals surface area contributed by atoms with Crippen LogP contribution in [0.25, 0.3) is 0 Å². The topological polar surface area (TPSA) is 33.5 Å². The first-order valence-corrected chi connectivity index (χ1v) is 6.65. The maximum absolute atomic E-state index is 12.2. The Morgan fingerprint density at radius 2 is 1.95 bits per heavy atom. The first-order valence-electron chi connectivity index (χ1n) is 5.90. The zero-order chi connectivity index (χ0) is 13.8. The van der Waals surface area contributed by atoms with Crippen LogP contribution in [0.4, 0.5) is 0 Å². The van der Waals surface area contributed by atoms with E-state index in [-0.39, 0.29) is 16.9 Å². The highest BCUT2D eigenvalue weighted by Crippen LogP contribution is 2.20. The van der Waals surface area contributed by atoms with E-state index in [1.54, 1.807) is 23.1 Å². The molecule has 0 radical (unpaired) electrons. The predicted molar refractivity (Wildman–Crippen MR) is 75.6 cm³/mol. The van der Waals surface area contributed by atoms with Crippen molar-refractivity contribution in [1.29, 1.82) is 0 Å². The van der Waals surface area contributed by atoms with Crippen molar-refractivity contribution in [2.45, 2.75) is 13.5 Å². The van der Waals surface area contributed by atoms with Crippen molar-refractivity contribution in [3.63, 3.8) is 0 Å². The molecular weight excluding hydrogens is 285 g/mol. The lowest BCUT2D eigenvalue weighted by Gasteiger charge is -2.20. The van der Waals surface area contributed by atoms with Gasteiger partial charge in [0.05, 0.1) is 0 Å². The lowest BCUT2D eigenvalue weighted by molar-refractivity contribution is 0.0720. The van der Waals surface area contributed by atoms with E-state index < -0.39 is 0 Å². The van der Waals surface area contributed by atoms with Crippen LogP contribution in [-0.2, 0) is 6.54 Å². The lowest BCUT2D eigenvalue weighted by atomic mass is 10.2. The molecule has 0 saturated heterocycles. The van der Waals surface area contributed by atoms with Gasteiger partial charge in [-0.25, -0.2) is 0 Å². The summed E-state index contributed by atoms with van der Waals surface area (Å²) in [6, 6.07) is 10.6. The van der Waals surface area contributed by atoms with Crippen LogP contribution in [0, 0.1) is 0 Å². The number of hydrogen-bond acceptors (Lipinski definition) is 2. The van der Waals surface area contributed by atoms with Crippen LogP contribution in [0.5, 0.6) is 0 Å². The third-order valence-corrected chi connectivity index (χ3v) is 3.34. The molecule has 100 valence electrons. The lowest BCUT2D eigenvalue weighted by Crippen LogP contribution is -2.30. The van der Waals surface area contributed by atoms with Gasteiger partial charge in [0.1, 0.15) is 0 Å². The maximum atomic E-state index is 12.2. The van der Waals surface area contributed by atoms with Crippen LogP contribution in [0.3, 0.4) is 0 Å². The molecule has 2 rings (SSSR count). The van der Waals surface area contributed by atoms with Gasteiger partial charge in [-0.1, -0.05) is 29.8 Å². The van der Waals surface area contributed by atoms with Gasteiger partial charge < -0.3 is 9.32 Å². The van der Waals surface area contributed by atoms with Gasteiger partial charge in [-0.15, -0.1) is 0 Å². The molecule has 0 fully saturated rings. The molecule has 19 heavy (non-hydrogen) atoms. The smallest absolute Gasteiger partial charge is 0.289 e. The number of carbonyl (C=O) groups is 1. The Morgan fingerprint density at radius 3 is 2.53 bits per heavy atom. The Labute approximate surface area is 121 Å². The summed E-state index contributed by atoms with van der Waals surface area (Å²) in [6.45, 7) is 2.90. The average Bonchev–Trinajstić information content (AvgIpc) is 2.84. The van der Waals surface area contributed by atoms with E-state index in [0.29, 0.717) is 18.1 Å². The van der Waals surface area contributed by atoms with Crippen molar-refractivity contribution in [3.05, 3.63) is 58.0 Å². The average molecular weight is 298 g/mol. The SMILES string of the molecule is CCN(Cc1ccccc1Cl)C(=O)c1ccc(Cl)o1. The highest BCUT2D eigenvalue weighted by molar-refractivity contribution is 6.31. The minimum Gasteiger partial charge on any atom is -0.440 e. The van der Waals surface area contributed by atoms with Crippen molar-refractivity contribution in [3.8, 4) is 0 Å². The number of nitrogens with zero attached hydrogens (tertiary/aromatic N) is 1. The summed E-state index contributed by atoms with van der Waals surface area (Å²) in [5.74, 6) is 0.0354. The van der Waals surface area contributed by atoms with Gasteiger partial charge in [-0.2, -0.15) is 0 Å². The molecule has 0 saturated carbocycles. The van der Waals surface area contributed by atoms with Crippen molar-refractivity contribution < 1.29 is 9.21 Å². The molecule has 1 aromatic heterocycles. The standard InChI is InChI=1S/C14H13Cl2NO2/c1-2-17(9-10-5-3-4-6-11(10)15)14(18)12-7-8-13(16)19-12/h3-8H,2,9H2,1H3. The Bertz CT molecular complexity index is 580. The van der Waals surface area contributed by atoms with E-state index >= 15 is 0 Å². The Kier molecular flexibility index (Phi) is 4.51. The zero-order valence-corrected chi connectivity index (χ0v) is 11.9. The van der Waals surface area contributed by atoms with Gasteiger partial charge in [0.2, 0.25) is 0 Å². The molecule has 0 unspecified atom stereocenters. The molecule has 1 amide bonds. The normalized spacial score (nSPS) is 10.5. The van der Waals surface area contributed by atoms with Gasteiger partial charge >= 0.3 is 0 Å². The fourth-order valence-corrected chi connectivity index (χ4v) is 2.09. The Morgan fingerprint density at radius 1 is 1.21 bits per heavy atom. The van der Waals surface area contributed by atoms with Gasteiger partial charge in [0.15, 0.2) is 11.0 Å². The quantitative estimate of drug-likeness (QED) is 0.845. The monoisotopic (exact) mass is 297 g/mol. The van der Waals surface area contributed by atoms with Gasteiger partial charge in [0, 0.05) is 18.1 Å². The number of rotatable bonds is 4. The molecule has 0 bridgehead atoms. The van der Waals surface area contributed by atoms with Crippen molar-refractivity contribution in [2.75, 3.05) is 6.54 Å². The van der Waals surface area contributed by atoms with Gasteiger partial charge in [-0.05, 0) is 42.3 Å². The van der Waals surface area contributed by atoms with Gasteiger partial charge in [-0.3, -0.25) is 4.79 Å². The minimum absolute atomic E-state index is 0.200. The van der Waals surface area contributed by atoms with E-state index in [0.717, 1.165) is 5.56 Å². The fourth-order valence-electron chi connectivity index (χ4n) is 1.74.